The summed E-state index contributed by atoms with van der Waals surface area (Å²) in [6, 6.07) is 19.6. The van der Waals surface area contributed by atoms with Crippen LogP contribution in [0.1, 0.15) is 28.4 Å². The summed E-state index contributed by atoms with van der Waals surface area (Å²) in [4.78, 5) is 4.21. The number of aromatic nitrogens is 3. The topological polar surface area (TPSA) is 77.2 Å². The monoisotopic (exact) mass is 501 g/mol. The molecular formula is C25H22F3N3O3S. The zero-order valence-electron chi connectivity index (χ0n) is 18.6. The van der Waals surface area contributed by atoms with E-state index in [9.17, 15) is 21.9 Å². The van der Waals surface area contributed by atoms with Gasteiger partial charge in [-0.1, -0.05) is 42.5 Å². The molecule has 182 valence electrons. The van der Waals surface area contributed by atoms with E-state index in [4.69, 9.17) is 4.74 Å². The first-order valence-corrected chi connectivity index (χ1v) is 11.9. The summed E-state index contributed by atoms with van der Waals surface area (Å²) < 4.78 is 66.8. The molecule has 2 atom stereocenters. The average Bonchev–Trinajstić information content (AvgIpc) is 3.27. The van der Waals surface area contributed by atoms with E-state index >= 15 is 0 Å². The van der Waals surface area contributed by atoms with E-state index in [0.717, 1.165) is 28.8 Å². The summed E-state index contributed by atoms with van der Waals surface area (Å²) >= 11 is -2.01. The van der Waals surface area contributed by atoms with Crippen molar-refractivity contribution in [2.24, 2.45) is 7.05 Å². The predicted octanol–water partition coefficient (Wildman–Crippen LogP) is 5.43. The van der Waals surface area contributed by atoms with Crippen molar-refractivity contribution in [2.75, 3.05) is 5.75 Å². The van der Waals surface area contributed by atoms with Crippen LogP contribution in [0.4, 0.5) is 13.2 Å². The highest BCUT2D eigenvalue weighted by molar-refractivity contribution is 7.79. The van der Waals surface area contributed by atoms with Crippen molar-refractivity contribution in [3.8, 4) is 16.9 Å². The van der Waals surface area contributed by atoms with Crippen molar-refractivity contribution >= 4 is 11.1 Å². The van der Waals surface area contributed by atoms with Crippen LogP contribution in [0.25, 0.3) is 11.1 Å². The van der Waals surface area contributed by atoms with Crippen molar-refractivity contribution < 1.29 is 26.7 Å². The minimum Gasteiger partial charge on any atom is -0.489 e. The molecule has 6 nitrogen and oxygen atoms in total. The lowest BCUT2D eigenvalue weighted by atomic mass is 10.00. The fraction of sp³-hybridized carbons (Fsp3) is 0.200. The molecule has 2 unspecified atom stereocenters. The number of nitrogens with zero attached hydrogens (tertiary/aromatic N) is 3. The Hall–Kier alpha value is -3.50. The number of hydrogen-bond acceptors (Lipinski definition) is 4. The van der Waals surface area contributed by atoms with Gasteiger partial charge in [-0.3, -0.25) is 4.68 Å². The van der Waals surface area contributed by atoms with Crippen molar-refractivity contribution in [1.29, 1.82) is 0 Å². The van der Waals surface area contributed by atoms with Gasteiger partial charge in [-0.15, -0.1) is 0 Å². The van der Waals surface area contributed by atoms with Crippen LogP contribution >= 0.6 is 0 Å². The Morgan fingerprint density at radius 3 is 2.34 bits per heavy atom. The number of aryl methyl sites for hydroxylation is 1. The first-order chi connectivity index (χ1) is 16.7. The molecule has 0 amide bonds. The van der Waals surface area contributed by atoms with E-state index in [1.54, 1.807) is 23.9 Å². The Morgan fingerprint density at radius 1 is 1.03 bits per heavy atom. The molecule has 0 saturated carbocycles. The molecule has 0 bridgehead atoms. The van der Waals surface area contributed by atoms with Gasteiger partial charge in [0, 0.05) is 7.05 Å². The van der Waals surface area contributed by atoms with Crippen LogP contribution in [0.2, 0.25) is 0 Å². The SMILES string of the molecule is Cn1ncnc1C(CS(=O)O)c1ccc(OCc2cccc(-c3ccc(C(F)(F)F)cc3)c2)cc1. The first-order valence-electron chi connectivity index (χ1n) is 10.6. The van der Waals surface area contributed by atoms with Crippen LogP contribution in [0.15, 0.2) is 79.1 Å². The molecule has 3 aromatic carbocycles. The van der Waals surface area contributed by atoms with Crippen molar-refractivity contribution in [3.05, 3.63) is 102 Å². The fourth-order valence-electron chi connectivity index (χ4n) is 3.74. The van der Waals surface area contributed by atoms with E-state index in [2.05, 4.69) is 10.1 Å². The Bertz CT molecular complexity index is 1310. The number of rotatable bonds is 8. The molecule has 0 fully saturated rings. The van der Waals surface area contributed by atoms with Gasteiger partial charge in [0.2, 0.25) is 0 Å². The number of halogens is 3. The van der Waals surface area contributed by atoms with Gasteiger partial charge in [0.05, 0.1) is 17.2 Å². The van der Waals surface area contributed by atoms with Gasteiger partial charge < -0.3 is 9.29 Å². The van der Waals surface area contributed by atoms with Gasteiger partial charge in [-0.25, -0.2) is 9.19 Å². The summed E-state index contributed by atoms with van der Waals surface area (Å²) in [6.07, 6.45) is -2.97. The van der Waals surface area contributed by atoms with Crippen LogP contribution in [0.3, 0.4) is 0 Å². The lowest BCUT2D eigenvalue weighted by Gasteiger charge is -2.15. The van der Waals surface area contributed by atoms with Crippen LogP contribution in [0.5, 0.6) is 5.75 Å². The molecule has 1 N–H and O–H groups in total. The molecule has 0 aliphatic rings. The third-order valence-electron chi connectivity index (χ3n) is 5.53. The van der Waals surface area contributed by atoms with E-state index in [0.29, 0.717) is 17.1 Å². The maximum atomic E-state index is 12.8. The smallest absolute Gasteiger partial charge is 0.416 e. The number of benzene rings is 3. The fourth-order valence-corrected chi connectivity index (χ4v) is 4.37. The predicted molar refractivity (Wildman–Crippen MR) is 126 cm³/mol. The van der Waals surface area contributed by atoms with Gasteiger partial charge >= 0.3 is 6.18 Å². The Kier molecular flexibility index (Phi) is 7.32. The number of hydrogen-bond donors (Lipinski definition) is 1. The van der Waals surface area contributed by atoms with Gasteiger partial charge in [-0.2, -0.15) is 18.3 Å². The molecule has 0 radical (unpaired) electrons. The Balaban J connectivity index is 1.45. The largest absolute Gasteiger partial charge is 0.489 e. The molecule has 1 heterocycles. The molecule has 35 heavy (non-hydrogen) atoms. The highest BCUT2D eigenvalue weighted by Crippen LogP contribution is 2.31. The molecule has 0 saturated heterocycles. The molecule has 10 heteroatoms. The molecule has 4 rings (SSSR count). The molecular weight excluding hydrogens is 479 g/mol. The normalized spacial score (nSPS) is 13.4. The second-order valence-electron chi connectivity index (χ2n) is 7.92. The zero-order chi connectivity index (χ0) is 25.0. The standard InChI is InChI=1S/C25H22F3N3O3S/c1-31-24(29-16-30-31)23(15-35(32)33)19-7-11-22(12-8-19)34-14-17-3-2-4-20(13-17)18-5-9-21(10-6-18)25(26,27)28/h2-13,16,23H,14-15H2,1H3,(H,32,33). The molecule has 1 aromatic heterocycles. The third kappa shape index (κ3) is 6.14. The molecule has 0 aliphatic heterocycles. The summed E-state index contributed by atoms with van der Waals surface area (Å²) in [5.74, 6) is 0.781. The lowest BCUT2D eigenvalue weighted by Crippen LogP contribution is -2.15. The van der Waals surface area contributed by atoms with Gasteiger partial charge in [0.1, 0.15) is 24.5 Å². The first kappa shape index (κ1) is 24.6. The third-order valence-corrected chi connectivity index (χ3v) is 6.15. The van der Waals surface area contributed by atoms with Gasteiger partial charge in [0.25, 0.3) is 0 Å². The quantitative estimate of drug-likeness (QED) is 0.326. The maximum Gasteiger partial charge on any atom is 0.416 e. The minimum atomic E-state index is -4.37. The second-order valence-corrected chi connectivity index (χ2v) is 8.89. The maximum absolute atomic E-state index is 12.8. The summed E-state index contributed by atoms with van der Waals surface area (Å²) in [6.45, 7) is 0.265. The highest BCUT2D eigenvalue weighted by atomic mass is 32.2. The van der Waals surface area contributed by atoms with Crippen molar-refractivity contribution in [3.63, 3.8) is 0 Å². The van der Waals surface area contributed by atoms with Crippen LogP contribution in [0, 0.1) is 0 Å². The lowest BCUT2D eigenvalue weighted by molar-refractivity contribution is -0.137. The minimum absolute atomic E-state index is 0.0104. The Labute approximate surface area is 202 Å². The highest BCUT2D eigenvalue weighted by Gasteiger charge is 2.30. The van der Waals surface area contributed by atoms with E-state index < -0.39 is 28.7 Å². The Morgan fingerprint density at radius 2 is 1.74 bits per heavy atom. The second kappa shape index (κ2) is 10.4. The van der Waals surface area contributed by atoms with Gasteiger partial charge in [0.15, 0.2) is 11.1 Å². The number of alkyl halides is 3. The van der Waals surface area contributed by atoms with E-state index in [-0.39, 0.29) is 12.4 Å². The summed E-state index contributed by atoms with van der Waals surface area (Å²) in [5.41, 5.74) is 2.45. The van der Waals surface area contributed by atoms with Crippen LogP contribution in [-0.4, -0.2) is 29.3 Å². The average molecular weight is 502 g/mol. The molecule has 0 spiro atoms. The van der Waals surface area contributed by atoms with Gasteiger partial charge in [-0.05, 0) is 52.6 Å². The van der Waals surface area contributed by atoms with E-state index in [1.807, 2.05) is 36.4 Å². The zero-order valence-corrected chi connectivity index (χ0v) is 19.5. The number of ether oxygens (including phenoxy) is 1. The summed E-state index contributed by atoms with van der Waals surface area (Å²) in [7, 11) is 1.73. The van der Waals surface area contributed by atoms with Crippen LogP contribution in [-0.2, 0) is 30.9 Å². The molecule has 4 aromatic rings. The van der Waals surface area contributed by atoms with Crippen molar-refractivity contribution in [2.45, 2.75) is 18.7 Å². The van der Waals surface area contributed by atoms with Crippen molar-refractivity contribution in [1.82, 2.24) is 14.8 Å². The van der Waals surface area contributed by atoms with E-state index in [1.165, 1.54) is 18.5 Å². The molecule has 0 aliphatic carbocycles. The summed E-state index contributed by atoms with van der Waals surface area (Å²) in [5, 5.41) is 4.05. The van der Waals surface area contributed by atoms with Crippen LogP contribution < -0.4 is 4.74 Å².